The molecule has 0 amide bonds. The minimum absolute atomic E-state index is 0.171. The molecule has 0 bridgehead atoms. The maximum Gasteiger partial charge on any atom is 0.214 e. The second-order valence-electron chi connectivity index (χ2n) is 9.73. The van der Waals surface area contributed by atoms with Crippen LogP contribution < -0.4 is 9.80 Å². The Kier molecular flexibility index (Phi) is 5.97. The molecule has 1 saturated heterocycles. The predicted molar refractivity (Wildman–Crippen MR) is 109 cm³/mol. The van der Waals surface area contributed by atoms with Crippen molar-refractivity contribution in [2.45, 2.75) is 70.5 Å². The zero-order valence-corrected chi connectivity index (χ0v) is 18.0. The summed E-state index contributed by atoms with van der Waals surface area (Å²) in [6.45, 7) is 10.6. The Bertz CT molecular complexity index is 800. The van der Waals surface area contributed by atoms with Gasteiger partial charge in [0, 0.05) is 0 Å². The van der Waals surface area contributed by atoms with Crippen molar-refractivity contribution in [1.29, 1.82) is 0 Å². The number of hydrogen-bond donors (Lipinski definition) is 2. The van der Waals surface area contributed by atoms with Crippen molar-refractivity contribution in [1.82, 2.24) is 20.2 Å². The lowest BCUT2D eigenvalue weighted by molar-refractivity contribution is -1.03. The molecular weight excluding hydrogens is 367 g/mol. The lowest BCUT2D eigenvalue weighted by Gasteiger charge is -2.39. The molecule has 0 spiro atoms. The van der Waals surface area contributed by atoms with Gasteiger partial charge in [-0.15, -0.1) is 5.10 Å². The quantitative estimate of drug-likeness (QED) is 0.795. The summed E-state index contributed by atoms with van der Waals surface area (Å²) >= 11 is 0. The molecular formula is C22H35FN6+2. The van der Waals surface area contributed by atoms with Crippen LogP contribution in [-0.2, 0) is 5.54 Å². The molecule has 2 N–H and O–H groups in total. The third-order valence-corrected chi connectivity index (χ3v) is 6.73. The molecule has 2 heterocycles. The Balaban J connectivity index is 1.61. The van der Waals surface area contributed by atoms with Gasteiger partial charge in [0.1, 0.15) is 32.0 Å². The van der Waals surface area contributed by atoms with Crippen LogP contribution in [-0.4, -0.2) is 52.4 Å². The van der Waals surface area contributed by atoms with Crippen LogP contribution in [0, 0.1) is 5.82 Å². The van der Waals surface area contributed by atoms with Gasteiger partial charge in [0.05, 0.1) is 17.1 Å². The predicted octanol–water partition coefficient (Wildman–Crippen LogP) is 0.773. The summed E-state index contributed by atoms with van der Waals surface area (Å²) in [5.41, 5.74) is 0.445. The molecule has 1 aromatic heterocycles. The third-order valence-electron chi connectivity index (χ3n) is 6.73. The zero-order valence-electron chi connectivity index (χ0n) is 18.0. The third kappa shape index (κ3) is 4.36. The number of nitrogens with one attached hydrogen (secondary N) is 2. The van der Waals surface area contributed by atoms with Gasteiger partial charge in [0.15, 0.2) is 6.04 Å². The highest BCUT2D eigenvalue weighted by Crippen LogP contribution is 2.24. The summed E-state index contributed by atoms with van der Waals surface area (Å²) in [5.74, 6) is 0.592. The molecule has 4 rings (SSSR count). The molecule has 0 unspecified atom stereocenters. The number of rotatable bonds is 4. The van der Waals surface area contributed by atoms with Crippen molar-refractivity contribution in [3.05, 3.63) is 41.5 Å². The highest BCUT2D eigenvalue weighted by Gasteiger charge is 2.40. The molecule has 2 fully saturated rings. The van der Waals surface area contributed by atoms with Crippen LogP contribution in [0.3, 0.4) is 0 Å². The number of piperazine rings is 1. The number of benzene rings is 1. The number of aromatic nitrogens is 4. The fraction of sp³-hybridized carbons (Fsp3) is 0.682. The second kappa shape index (κ2) is 8.48. The number of tetrazole rings is 1. The average Bonchev–Trinajstić information content (AvgIpc) is 3.21. The van der Waals surface area contributed by atoms with E-state index in [-0.39, 0.29) is 17.4 Å². The first-order valence-electron chi connectivity index (χ1n) is 11.2. The monoisotopic (exact) mass is 402 g/mol. The van der Waals surface area contributed by atoms with E-state index in [1.54, 1.807) is 17.0 Å². The molecule has 1 saturated carbocycles. The maximum absolute atomic E-state index is 14.9. The van der Waals surface area contributed by atoms with Gasteiger partial charge in [-0.3, -0.25) is 0 Å². The molecule has 158 valence electrons. The van der Waals surface area contributed by atoms with Gasteiger partial charge >= 0.3 is 0 Å². The van der Waals surface area contributed by atoms with Gasteiger partial charge in [-0.05, 0) is 69.0 Å². The molecule has 1 aliphatic carbocycles. The Hall–Kier alpha value is -1.86. The number of hydrogen-bond acceptors (Lipinski definition) is 3. The normalized spacial score (nSPS) is 25.1. The van der Waals surface area contributed by atoms with E-state index in [9.17, 15) is 4.39 Å². The van der Waals surface area contributed by atoms with Crippen LogP contribution in [0.1, 0.15) is 70.3 Å². The minimum Gasteiger partial charge on any atom is -0.323 e. The van der Waals surface area contributed by atoms with Crippen LogP contribution >= 0.6 is 0 Å². The number of nitrogens with zero attached hydrogens (tertiary/aromatic N) is 4. The fourth-order valence-corrected chi connectivity index (χ4v) is 5.20. The van der Waals surface area contributed by atoms with Gasteiger partial charge in [-0.1, -0.05) is 18.6 Å². The molecule has 2 aromatic rings. The second-order valence-corrected chi connectivity index (χ2v) is 9.73. The van der Waals surface area contributed by atoms with Crippen LogP contribution in [0.25, 0.3) is 0 Å². The van der Waals surface area contributed by atoms with E-state index in [1.807, 2.05) is 16.8 Å². The van der Waals surface area contributed by atoms with E-state index in [4.69, 9.17) is 0 Å². The van der Waals surface area contributed by atoms with E-state index in [2.05, 4.69) is 36.3 Å². The maximum atomic E-state index is 14.9. The molecule has 29 heavy (non-hydrogen) atoms. The van der Waals surface area contributed by atoms with Crippen molar-refractivity contribution in [3.8, 4) is 0 Å². The first kappa shape index (κ1) is 20.4. The van der Waals surface area contributed by atoms with Gasteiger partial charge in [-0.25, -0.2) is 9.07 Å². The zero-order chi connectivity index (χ0) is 20.4. The van der Waals surface area contributed by atoms with E-state index in [0.29, 0.717) is 5.56 Å². The Morgan fingerprint density at radius 2 is 1.72 bits per heavy atom. The fourth-order valence-electron chi connectivity index (χ4n) is 5.20. The summed E-state index contributed by atoms with van der Waals surface area (Å²) in [5, 5.41) is 12.6. The highest BCUT2D eigenvalue weighted by molar-refractivity contribution is 5.24. The van der Waals surface area contributed by atoms with Crippen LogP contribution in [0.4, 0.5) is 4.39 Å². The van der Waals surface area contributed by atoms with Crippen molar-refractivity contribution in [2.75, 3.05) is 26.2 Å². The molecule has 7 heteroatoms. The van der Waals surface area contributed by atoms with Gasteiger partial charge in [-0.2, -0.15) is 0 Å². The van der Waals surface area contributed by atoms with Crippen LogP contribution in [0.5, 0.6) is 0 Å². The summed E-state index contributed by atoms with van der Waals surface area (Å²) < 4.78 is 16.8. The number of halogens is 1. The topological polar surface area (TPSA) is 52.5 Å². The highest BCUT2D eigenvalue weighted by atomic mass is 19.1. The van der Waals surface area contributed by atoms with Crippen molar-refractivity contribution in [3.63, 3.8) is 0 Å². The SMILES string of the molecule is CC(C)(C)n1nnnc1[C@@H](c1ccccc1F)[NH+]1CC[NH+](C2CCCCC2)CC1. The van der Waals surface area contributed by atoms with Crippen LogP contribution in [0.15, 0.2) is 24.3 Å². The molecule has 1 atom stereocenters. The average molecular weight is 403 g/mol. The molecule has 2 aliphatic rings. The summed E-state index contributed by atoms with van der Waals surface area (Å²) in [4.78, 5) is 3.12. The lowest BCUT2D eigenvalue weighted by Crippen LogP contribution is -3.29. The first-order chi connectivity index (χ1) is 13.9. The smallest absolute Gasteiger partial charge is 0.214 e. The Morgan fingerprint density at radius 3 is 2.38 bits per heavy atom. The van der Waals surface area contributed by atoms with Crippen molar-refractivity contribution in [2.24, 2.45) is 0 Å². The summed E-state index contributed by atoms with van der Waals surface area (Å²) in [6, 6.07) is 7.75. The van der Waals surface area contributed by atoms with Gasteiger partial charge < -0.3 is 9.80 Å². The van der Waals surface area contributed by atoms with Crippen molar-refractivity contribution < 1.29 is 14.2 Å². The van der Waals surface area contributed by atoms with Crippen LogP contribution in [0.2, 0.25) is 0 Å². The van der Waals surface area contributed by atoms with E-state index >= 15 is 0 Å². The number of quaternary nitrogens is 2. The largest absolute Gasteiger partial charge is 0.323 e. The standard InChI is InChI=1S/C22H33FN6/c1-22(2,3)29-21(24-25-26-29)20(18-11-7-8-12-19(18)23)28-15-13-27(14-16-28)17-9-5-4-6-10-17/h7-8,11-12,17,20H,4-6,9-10,13-16H2,1-3H3/p+2/t20-/m1/s1. The summed E-state index contributed by atoms with van der Waals surface area (Å²) in [7, 11) is 0. The van der Waals surface area contributed by atoms with E-state index in [1.165, 1.54) is 37.0 Å². The Labute approximate surface area is 173 Å². The van der Waals surface area contributed by atoms with Gasteiger partial charge in [0.25, 0.3) is 0 Å². The Morgan fingerprint density at radius 1 is 1.03 bits per heavy atom. The lowest BCUT2D eigenvalue weighted by atomic mass is 9.93. The summed E-state index contributed by atoms with van der Waals surface area (Å²) in [6.07, 6.45) is 6.88. The minimum atomic E-state index is -0.253. The van der Waals surface area contributed by atoms with Gasteiger partial charge in [0.2, 0.25) is 5.82 Å². The van der Waals surface area contributed by atoms with Crippen molar-refractivity contribution >= 4 is 0 Å². The molecule has 6 nitrogen and oxygen atoms in total. The van der Waals surface area contributed by atoms with E-state index in [0.717, 1.165) is 38.0 Å². The molecule has 0 radical (unpaired) electrons. The van der Waals surface area contributed by atoms with E-state index < -0.39 is 0 Å². The first-order valence-corrected chi connectivity index (χ1v) is 11.2. The molecule has 1 aliphatic heterocycles. The molecule has 1 aromatic carbocycles.